The third-order valence-electron chi connectivity index (χ3n) is 3.25. The van der Waals surface area contributed by atoms with E-state index in [1.54, 1.807) is 18.2 Å². The Balaban J connectivity index is 1.79. The van der Waals surface area contributed by atoms with Crippen molar-refractivity contribution in [3.8, 4) is 0 Å². The van der Waals surface area contributed by atoms with Gasteiger partial charge in [0.25, 0.3) is 5.56 Å². The number of rotatable bonds is 4. The molecule has 0 radical (unpaired) electrons. The molecule has 0 aliphatic carbocycles. The predicted molar refractivity (Wildman–Crippen MR) is 86.8 cm³/mol. The van der Waals surface area contributed by atoms with Crippen LogP contribution in [0.25, 0.3) is 4.96 Å². The Morgan fingerprint density at radius 1 is 1.35 bits per heavy atom. The molecule has 1 aromatic carbocycles. The number of carbonyl (C=O) groups excluding carboxylic acids is 1. The van der Waals surface area contributed by atoms with Gasteiger partial charge in [0.15, 0.2) is 0 Å². The van der Waals surface area contributed by atoms with Gasteiger partial charge in [0, 0.05) is 6.07 Å². The molecule has 6 nitrogen and oxygen atoms in total. The molecule has 0 amide bonds. The summed E-state index contributed by atoms with van der Waals surface area (Å²) in [4.78, 5) is 28.9. The number of esters is 1. The maximum atomic E-state index is 12.0. The molecule has 118 valence electrons. The monoisotopic (exact) mass is 329 g/mol. The second kappa shape index (κ2) is 6.29. The van der Waals surface area contributed by atoms with E-state index in [1.807, 2.05) is 19.9 Å². The number of fused-ring (bicyclic) bond motifs is 1. The van der Waals surface area contributed by atoms with E-state index in [4.69, 9.17) is 4.74 Å². The van der Waals surface area contributed by atoms with Crippen molar-refractivity contribution in [1.29, 1.82) is 0 Å². The molecule has 2 heterocycles. The van der Waals surface area contributed by atoms with Gasteiger partial charge in [0.05, 0.1) is 11.3 Å². The second-order valence-electron chi connectivity index (χ2n) is 5.08. The van der Waals surface area contributed by atoms with E-state index in [2.05, 4.69) is 10.1 Å². The lowest BCUT2D eigenvalue weighted by molar-refractivity contribution is 0.0467. The zero-order valence-electron chi connectivity index (χ0n) is 12.8. The number of nitrogens with zero attached hydrogens (tertiary/aromatic N) is 3. The number of benzene rings is 1. The van der Waals surface area contributed by atoms with Crippen LogP contribution in [-0.2, 0) is 17.8 Å². The summed E-state index contributed by atoms with van der Waals surface area (Å²) in [6.07, 6.45) is 0.741. The van der Waals surface area contributed by atoms with Crippen LogP contribution in [0.5, 0.6) is 0 Å². The Labute approximate surface area is 136 Å². The highest BCUT2D eigenvalue weighted by molar-refractivity contribution is 7.16. The van der Waals surface area contributed by atoms with Crippen molar-refractivity contribution in [3.63, 3.8) is 0 Å². The van der Waals surface area contributed by atoms with Crippen molar-refractivity contribution < 1.29 is 9.53 Å². The average molecular weight is 329 g/mol. The molecule has 0 spiro atoms. The quantitative estimate of drug-likeness (QED) is 0.687. The molecule has 23 heavy (non-hydrogen) atoms. The van der Waals surface area contributed by atoms with Gasteiger partial charge in [-0.25, -0.2) is 9.78 Å². The lowest BCUT2D eigenvalue weighted by Crippen LogP contribution is -2.16. The van der Waals surface area contributed by atoms with Crippen LogP contribution >= 0.6 is 11.3 Å². The van der Waals surface area contributed by atoms with Gasteiger partial charge in [-0.15, -0.1) is 0 Å². The topological polar surface area (TPSA) is 73.6 Å². The van der Waals surface area contributed by atoms with Crippen LogP contribution in [0.1, 0.15) is 33.5 Å². The highest BCUT2D eigenvalue weighted by atomic mass is 32.1. The molecule has 3 rings (SSSR count). The smallest absolute Gasteiger partial charge is 0.338 e. The van der Waals surface area contributed by atoms with Crippen LogP contribution in [0.2, 0.25) is 0 Å². The zero-order valence-corrected chi connectivity index (χ0v) is 13.6. The van der Waals surface area contributed by atoms with Gasteiger partial charge in [-0.1, -0.05) is 36.0 Å². The fourth-order valence-electron chi connectivity index (χ4n) is 2.11. The van der Waals surface area contributed by atoms with E-state index in [0.717, 1.165) is 17.0 Å². The molecule has 2 aromatic heterocycles. The highest BCUT2D eigenvalue weighted by Crippen LogP contribution is 2.12. The fraction of sp³-hybridized carbons (Fsp3) is 0.250. The highest BCUT2D eigenvalue weighted by Gasteiger charge is 2.11. The first-order valence-corrected chi connectivity index (χ1v) is 8.01. The lowest BCUT2D eigenvalue weighted by Gasteiger charge is -2.05. The summed E-state index contributed by atoms with van der Waals surface area (Å²) < 4.78 is 6.51. The van der Waals surface area contributed by atoms with E-state index >= 15 is 0 Å². The third-order valence-corrected chi connectivity index (χ3v) is 4.30. The van der Waals surface area contributed by atoms with Crippen LogP contribution in [0.3, 0.4) is 0 Å². The number of carbonyl (C=O) groups is 1. The Morgan fingerprint density at radius 3 is 2.91 bits per heavy atom. The van der Waals surface area contributed by atoms with Gasteiger partial charge in [-0.2, -0.15) is 9.61 Å². The van der Waals surface area contributed by atoms with Crippen LogP contribution in [-0.4, -0.2) is 20.6 Å². The second-order valence-corrected chi connectivity index (χ2v) is 6.12. The molecule has 0 aliphatic rings. The minimum Gasteiger partial charge on any atom is -0.456 e. The van der Waals surface area contributed by atoms with Crippen molar-refractivity contribution in [2.75, 3.05) is 0 Å². The molecule has 0 N–H and O–H groups in total. The number of aryl methyl sites for hydroxylation is 2. The molecule has 0 bridgehead atoms. The first-order valence-electron chi connectivity index (χ1n) is 7.19. The Kier molecular flexibility index (Phi) is 4.20. The van der Waals surface area contributed by atoms with Gasteiger partial charge in [0.2, 0.25) is 4.96 Å². The average Bonchev–Trinajstić information content (AvgIpc) is 2.96. The van der Waals surface area contributed by atoms with Crippen molar-refractivity contribution in [3.05, 3.63) is 62.5 Å². The van der Waals surface area contributed by atoms with E-state index in [1.165, 1.54) is 21.9 Å². The molecule has 0 saturated heterocycles. The Morgan fingerprint density at radius 2 is 2.17 bits per heavy atom. The van der Waals surface area contributed by atoms with Crippen molar-refractivity contribution in [2.24, 2.45) is 0 Å². The first-order chi connectivity index (χ1) is 11.1. The van der Waals surface area contributed by atoms with E-state index in [0.29, 0.717) is 16.2 Å². The van der Waals surface area contributed by atoms with E-state index < -0.39 is 5.97 Å². The number of aromatic nitrogens is 3. The van der Waals surface area contributed by atoms with Gasteiger partial charge < -0.3 is 4.74 Å². The summed E-state index contributed by atoms with van der Waals surface area (Å²) in [5.41, 5.74) is 1.61. The fourth-order valence-corrected chi connectivity index (χ4v) is 2.97. The summed E-state index contributed by atoms with van der Waals surface area (Å²) in [7, 11) is 0. The molecular formula is C16H15N3O3S. The van der Waals surface area contributed by atoms with Crippen LogP contribution in [0.15, 0.2) is 35.1 Å². The zero-order chi connectivity index (χ0) is 16.4. The normalized spacial score (nSPS) is 10.9. The molecule has 0 saturated carbocycles. The Hall–Kier alpha value is -2.54. The Bertz CT molecular complexity index is 930. The van der Waals surface area contributed by atoms with Crippen molar-refractivity contribution in [1.82, 2.24) is 14.6 Å². The largest absolute Gasteiger partial charge is 0.456 e. The molecule has 0 unspecified atom stereocenters. The molecule has 3 aromatic rings. The maximum absolute atomic E-state index is 12.0. The summed E-state index contributed by atoms with van der Waals surface area (Å²) >= 11 is 1.36. The van der Waals surface area contributed by atoms with Crippen LogP contribution in [0.4, 0.5) is 0 Å². The number of ether oxygens (including phenoxy) is 1. The maximum Gasteiger partial charge on any atom is 0.338 e. The predicted octanol–water partition coefficient (Wildman–Crippen LogP) is 2.38. The van der Waals surface area contributed by atoms with Gasteiger partial charge >= 0.3 is 5.97 Å². The minimum absolute atomic E-state index is 0.0438. The van der Waals surface area contributed by atoms with E-state index in [-0.39, 0.29) is 12.2 Å². The molecule has 0 aliphatic heterocycles. The molecule has 0 fully saturated rings. The van der Waals surface area contributed by atoms with Gasteiger partial charge in [-0.3, -0.25) is 4.79 Å². The van der Waals surface area contributed by atoms with Crippen LogP contribution < -0.4 is 5.56 Å². The summed E-state index contributed by atoms with van der Waals surface area (Å²) in [5, 5.41) is 5.01. The van der Waals surface area contributed by atoms with Gasteiger partial charge in [-0.05, 0) is 25.5 Å². The molecule has 0 atom stereocenters. The first kappa shape index (κ1) is 15.4. The SMILES string of the molecule is CCc1nn2c(=O)cc(COC(=O)c3cccc(C)c3)nc2s1. The standard InChI is InChI=1S/C16H15N3O3S/c1-3-13-18-19-14(20)8-12(17-16(19)23-13)9-22-15(21)11-6-4-5-10(2)7-11/h4-8H,3,9H2,1-2H3. The molecular weight excluding hydrogens is 314 g/mol. The van der Waals surface area contributed by atoms with Crippen molar-refractivity contribution >= 4 is 22.3 Å². The van der Waals surface area contributed by atoms with Crippen molar-refractivity contribution in [2.45, 2.75) is 26.9 Å². The third kappa shape index (κ3) is 3.29. The van der Waals surface area contributed by atoms with Crippen LogP contribution in [0, 0.1) is 6.92 Å². The lowest BCUT2D eigenvalue weighted by atomic mass is 10.1. The van der Waals surface area contributed by atoms with Gasteiger partial charge in [0.1, 0.15) is 11.6 Å². The summed E-state index contributed by atoms with van der Waals surface area (Å²) in [6, 6.07) is 8.49. The summed E-state index contributed by atoms with van der Waals surface area (Å²) in [5.74, 6) is -0.436. The summed E-state index contributed by atoms with van der Waals surface area (Å²) in [6.45, 7) is 3.83. The van der Waals surface area contributed by atoms with E-state index in [9.17, 15) is 9.59 Å². The number of hydrogen-bond donors (Lipinski definition) is 0. The number of hydrogen-bond acceptors (Lipinski definition) is 6. The molecule has 7 heteroatoms. The minimum atomic E-state index is -0.436.